The van der Waals surface area contributed by atoms with Gasteiger partial charge in [0.2, 0.25) is 0 Å². The summed E-state index contributed by atoms with van der Waals surface area (Å²) in [7, 11) is 3.28. The van der Waals surface area contributed by atoms with E-state index in [1.54, 1.807) is 19.1 Å². The molecule has 0 spiro atoms. The van der Waals surface area contributed by atoms with Crippen LogP contribution in [0.3, 0.4) is 0 Å². The Kier molecular flexibility index (Phi) is 5.95. The molecule has 1 rings (SSSR count). The minimum atomic E-state index is -0.678. The predicted octanol–water partition coefficient (Wildman–Crippen LogP) is 2.65. The smallest absolute Gasteiger partial charge is 0.168 e. The summed E-state index contributed by atoms with van der Waals surface area (Å²) >= 11 is 0. The van der Waals surface area contributed by atoms with Crippen molar-refractivity contribution in [1.82, 2.24) is 4.98 Å². The lowest BCUT2D eigenvalue weighted by Crippen LogP contribution is -2.34. The van der Waals surface area contributed by atoms with Crippen LogP contribution < -0.4 is 10.2 Å². The molecule has 1 aromatic heterocycles. The molecule has 1 heterocycles. The van der Waals surface area contributed by atoms with E-state index in [-0.39, 0.29) is 17.7 Å². The maximum atomic E-state index is 13.8. The van der Waals surface area contributed by atoms with Crippen molar-refractivity contribution in [3.05, 3.63) is 17.7 Å². The summed E-state index contributed by atoms with van der Waals surface area (Å²) in [5.74, 6) is -1.16. The zero-order valence-electron chi connectivity index (χ0n) is 11.8. The van der Waals surface area contributed by atoms with Gasteiger partial charge in [-0.15, -0.1) is 0 Å². The number of aromatic nitrogens is 1. The monoisotopic (exact) mass is 273 g/mol. The molecule has 0 radical (unpaired) electrons. The first-order valence-corrected chi connectivity index (χ1v) is 6.32. The normalized spacial score (nSPS) is 12.3. The lowest BCUT2D eigenvalue weighted by Gasteiger charge is -2.26. The number of nitrogens with one attached hydrogen (secondary N) is 1. The molecule has 1 unspecified atom stereocenters. The fraction of sp³-hybridized carbons (Fsp3) is 0.615. The van der Waals surface area contributed by atoms with E-state index in [4.69, 9.17) is 4.74 Å². The van der Waals surface area contributed by atoms with Gasteiger partial charge in [-0.3, -0.25) is 0 Å². The molecule has 6 heteroatoms. The van der Waals surface area contributed by atoms with Crippen LogP contribution in [0.2, 0.25) is 0 Å². The molecule has 1 aromatic rings. The highest BCUT2D eigenvalue weighted by Crippen LogP contribution is 2.23. The van der Waals surface area contributed by atoms with Crippen LogP contribution >= 0.6 is 0 Å². The minimum Gasteiger partial charge on any atom is -0.383 e. The lowest BCUT2D eigenvalue weighted by atomic mass is 10.3. The molecule has 0 aliphatic rings. The van der Waals surface area contributed by atoms with Crippen LogP contribution in [0.15, 0.2) is 6.07 Å². The second-order valence-corrected chi connectivity index (χ2v) is 4.47. The number of hydrogen-bond donors (Lipinski definition) is 1. The summed E-state index contributed by atoms with van der Waals surface area (Å²) in [4.78, 5) is 5.66. The van der Waals surface area contributed by atoms with Crippen molar-refractivity contribution in [2.24, 2.45) is 0 Å². The van der Waals surface area contributed by atoms with Crippen LogP contribution in [-0.2, 0) is 4.74 Å². The Bertz CT molecular complexity index is 415. The van der Waals surface area contributed by atoms with Crippen LogP contribution in [0.5, 0.6) is 0 Å². The van der Waals surface area contributed by atoms with Gasteiger partial charge < -0.3 is 15.0 Å². The average Bonchev–Trinajstić information content (AvgIpc) is 2.37. The highest BCUT2D eigenvalue weighted by atomic mass is 19.1. The fourth-order valence-corrected chi connectivity index (χ4v) is 1.63. The molecule has 0 fully saturated rings. The van der Waals surface area contributed by atoms with Crippen LogP contribution in [0.1, 0.15) is 20.3 Å². The molecule has 1 atom stereocenters. The number of ether oxygens (including phenoxy) is 1. The number of likely N-dealkylation sites (N-methyl/N-ethyl adjacent to an activating group) is 1. The first-order chi connectivity index (χ1) is 9.01. The molecule has 19 heavy (non-hydrogen) atoms. The molecule has 0 aliphatic carbocycles. The van der Waals surface area contributed by atoms with Gasteiger partial charge in [0.15, 0.2) is 23.3 Å². The van der Waals surface area contributed by atoms with Crippen molar-refractivity contribution >= 4 is 11.6 Å². The second kappa shape index (κ2) is 7.23. The Morgan fingerprint density at radius 1 is 1.42 bits per heavy atom. The van der Waals surface area contributed by atoms with E-state index < -0.39 is 11.6 Å². The molecule has 4 nitrogen and oxygen atoms in total. The first kappa shape index (κ1) is 15.6. The summed E-state index contributed by atoms with van der Waals surface area (Å²) in [6.07, 6.45) is 0.837. The topological polar surface area (TPSA) is 37.4 Å². The summed E-state index contributed by atoms with van der Waals surface area (Å²) < 4.78 is 32.4. The summed E-state index contributed by atoms with van der Waals surface area (Å²) in [5, 5.41) is 2.85. The van der Waals surface area contributed by atoms with Crippen LogP contribution in [-0.4, -0.2) is 38.3 Å². The molecule has 108 valence electrons. The molecule has 0 bridgehead atoms. The molecule has 0 saturated carbocycles. The van der Waals surface area contributed by atoms with E-state index in [1.807, 2.05) is 13.8 Å². The third-order valence-corrected chi connectivity index (χ3v) is 2.86. The highest BCUT2D eigenvalue weighted by molar-refractivity contribution is 5.49. The quantitative estimate of drug-likeness (QED) is 0.828. The Balaban J connectivity index is 2.99. The third kappa shape index (κ3) is 4.02. The van der Waals surface area contributed by atoms with Gasteiger partial charge in [0.1, 0.15) is 0 Å². The molecule has 0 aromatic carbocycles. The molecule has 0 amide bonds. The zero-order valence-corrected chi connectivity index (χ0v) is 11.8. The highest BCUT2D eigenvalue weighted by Gasteiger charge is 2.18. The van der Waals surface area contributed by atoms with Crippen molar-refractivity contribution in [1.29, 1.82) is 0 Å². The van der Waals surface area contributed by atoms with E-state index in [0.29, 0.717) is 13.2 Å². The van der Waals surface area contributed by atoms with E-state index in [2.05, 4.69) is 10.3 Å². The van der Waals surface area contributed by atoms with Gasteiger partial charge in [-0.25, -0.2) is 13.8 Å². The van der Waals surface area contributed by atoms with Gasteiger partial charge in [-0.05, 0) is 13.3 Å². The van der Waals surface area contributed by atoms with E-state index in [1.165, 1.54) is 0 Å². The number of methoxy groups -OCH3 is 1. The Morgan fingerprint density at radius 3 is 2.68 bits per heavy atom. The van der Waals surface area contributed by atoms with Gasteiger partial charge >= 0.3 is 0 Å². The maximum absolute atomic E-state index is 13.8. The van der Waals surface area contributed by atoms with Gasteiger partial charge in [-0.1, -0.05) is 6.92 Å². The number of pyridine rings is 1. The molecular weight excluding hydrogens is 252 g/mol. The van der Waals surface area contributed by atoms with Gasteiger partial charge in [0.05, 0.1) is 12.6 Å². The van der Waals surface area contributed by atoms with Crippen LogP contribution in [0, 0.1) is 11.6 Å². The SMILES string of the molecule is CCCNc1nc(N(C)C(C)COC)c(F)cc1F. The summed E-state index contributed by atoms with van der Waals surface area (Å²) in [5.41, 5.74) is 0. The average molecular weight is 273 g/mol. The largest absolute Gasteiger partial charge is 0.383 e. The van der Waals surface area contributed by atoms with Crippen molar-refractivity contribution in [3.8, 4) is 0 Å². The van der Waals surface area contributed by atoms with E-state index in [0.717, 1.165) is 12.5 Å². The Labute approximate surface area is 112 Å². The standard InChI is InChI=1S/C13H21F2N3O/c1-5-6-16-12-10(14)7-11(15)13(17-12)18(3)9(2)8-19-4/h7,9H,5-6,8H2,1-4H3,(H,16,17). The number of halogens is 2. The van der Waals surface area contributed by atoms with E-state index in [9.17, 15) is 8.78 Å². The molecule has 1 N–H and O–H groups in total. The van der Waals surface area contributed by atoms with Gasteiger partial charge in [0.25, 0.3) is 0 Å². The minimum absolute atomic E-state index is 0.0588. The molecule has 0 saturated heterocycles. The lowest BCUT2D eigenvalue weighted by molar-refractivity contribution is 0.183. The van der Waals surface area contributed by atoms with Crippen LogP contribution in [0.25, 0.3) is 0 Å². The third-order valence-electron chi connectivity index (χ3n) is 2.86. The van der Waals surface area contributed by atoms with Crippen molar-refractivity contribution < 1.29 is 13.5 Å². The van der Waals surface area contributed by atoms with Crippen LogP contribution in [0.4, 0.5) is 20.4 Å². The van der Waals surface area contributed by atoms with Crippen molar-refractivity contribution in [2.45, 2.75) is 26.3 Å². The number of rotatable bonds is 7. The number of nitrogens with zero attached hydrogens (tertiary/aromatic N) is 2. The molecule has 0 aliphatic heterocycles. The maximum Gasteiger partial charge on any atom is 0.168 e. The predicted molar refractivity (Wildman–Crippen MR) is 72.7 cm³/mol. The van der Waals surface area contributed by atoms with Gasteiger partial charge in [-0.2, -0.15) is 0 Å². The zero-order chi connectivity index (χ0) is 14.4. The first-order valence-electron chi connectivity index (χ1n) is 6.32. The number of anilines is 2. The fourth-order valence-electron chi connectivity index (χ4n) is 1.63. The number of hydrogen-bond acceptors (Lipinski definition) is 4. The second-order valence-electron chi connectivity index (χ2n) is 4.47. The van der Waals surface area contributed by atoms with Crippen molar-refractivity contribution in [3.63, 3.8) is 0 Å². The molecular formula is C13H21F2N3O. The Hall–Kier alpha value is -1.43. The van der Waals surface area contributed by atoms with E-state index >= 15 is 0 Å². The summed E-state index contributed by atoms with van der Waals surface area (Å²) in [6, 6.07) is 0.799. The van der Waals surface area contributed by atoms with Gasteiger partial charge in [0, 0.05) is 26.8 Å². The van der Waals surface area contributed by atoms with Crippen molar-refractivity contribution in [2.75, 3.05) is 37.5 Å². The summed E-state index contributed by atoms with van der Waals surface area (Å²) in [6.45, 7) is 4.87. The Morgan fingerprint density at radius 2 is 2.11 bits per heavy atom.